The topological polar surface area (TPSA) is 77.1 Å². The molecule has 1 saturated heterocycles. The summed E-state index contributed by atoms with van der Waals surface area (Å²) in [5.74, 6) is -0.903. The fourth-order valence-electron chi connectivity index (χ4n) is 4.38. The molecule has 1 aromatic carbocycles. The number of cyclic esters (lactones) is 1. The maximum atomic E-state index is 13.4. The van der Waals surface area contributed by atoms with Gasteiger partial charge in [0.25, 0.3) is 5.91 Å². The first-order chi connectivity index (χ1) is 14.0. The van der Waals surface area contributed by atoms with E-state index in [1.165, 1.54) is 17.0 Å². The fourth-order valence-corrected chi connectivity index (χ4v) is 4.50. The molecule has 2 bridgehead atoms. The van der Waals surface area contributed by atoms with E-state index in [0.29, 0.717) is 19.3 Å². The Hall–Kier alpha value is -2.27. The van der Waals surface area contributed by atoms with Crippen molar-refractivity contribution < 1.29 is 41.4 Å². The third kappa shape index (κ3) is 4.00. The van der Waals surface area contributed by atoms with Gasteiger partial charge in [-0.3, -0.25) is 14.4 Å². The molecule has 4 fully saturated rings. The van der Waals surface area contributed by atoms with Crippen molar-refractivity contribution in [3.05, 3.63) is 29.0 Å². The number of benzene rings is 1. The second-order valence-electron chi connectivity index (χ2n) is 7.82. The van der Waals surface area contributed by atoms with Crippen LogP contribution in [0, 0.1) is 5.82 Å². The van der Waals surface area contributed by atoms with Gasteiger partial charge in [-0.25, -0.2) is 9.18 Å². The smallest absolute Gasteiger partial charge is 0.484 e. The zero-order chi connectivity index (χ0) is 21.7. The van der Waals surface area contributed by atoms with Crippen molar-refractivity contribution in [2.75, 3.05) is 19.8 Å². The predicted octanol–water partition coefficient (Wildman–Crippen LogP) is 3.01. The first kappa shape index (κ1) is 21.0. The van der Waals surface area contributed by atoms with Crippen LogP contribution >= 0.6 is 11.6 Å². The summed E-state index contributed by atoms with van der Waals surface area (Å²) in [6, 6.07) is 3.83. The quantitative estimate of drug-likeness (QED) is 0.644. The summed E-state index contributed by atoms with van der Waals surface area (Å²) in [6.07, 6.45) is -5.04. The number of halogens is 5. The number of hydrogen-bond donors (Lipinski definition) is 1. The molecule has 0 radical (unpaired) electrons. The lowest BCUT2D eigenvalue weighted by atomic mass is 9.43. The zero-order valence-electron chi connectivity index (χ0n) is 15.4. The van der Waals surface area contributed by atoms with Crippen molar-refractivity contribution in [2.24, 2.45) is 0 Å². The normalized spacial score (nSPS) is 29.7. The van der Waals surface area contributed by atoms with E-state index >= 15 is 0 Å². The molecule has 1 atom stereocenters. The highest BCUT2D eigenvalue weighted by molar-refractivity contribution is 6.30. The Morgan fingerprint density at radius 2 is 2.03 bits per heavy atom. The maximum absolute atomic E-state index is 13.4. The lowest BCUT2D eigenvalue weighted by Gasteiger charge is -2.72. The van der Waals surface area contributed by atoms with E-state index in [0.717, 1.165) is 6.07 Å². The molecule has 5 rings (SSSR count). The van der Waals surface area contributed by atoms with Crippen molar-refractivity contribution >= 4 is 23.6 Å². The number of carbonyl (C=O) groups excluding carboxylic acids is 2. The minimum absolute atomic E-state index is 0.00415. The minimum Gasteiger partial charge on any atom is -0.484 e. The van der Waals surface area contributed by atoms with Gasteiger partial charge in [-0.15, -0.1) is 13.2 Å². The number of hydrogen-bond acceptors (Lipinski definition) is 5. The van der Waals surface area contributed by atoms with Crippen molar-refractivity contribution in [3.8, 4) is 5.75 Å². The van der Waals surface area contributed by atoms with Gasteiger partial charge in [0.05, 0.1) is 23.7 Å². The van der Waals surface area contributed by atoms with Crippen LogP contribution in [0.25, 0.3) is 0 Å². The largest absolute Gasteiger partial charge is 0.522 e. The minimum atomic E-state index is -4.79. The van der Waals surface area contributed by atoms with Gasteiger partial charge < -0.3 is 14.8 Å². The lowest BCUT2D eigenvalue weighted by molar-refractivity contribution is -0.329. The SMILES string of the molecule is O=C(COc1ccc(Cl)c(F)c1)NC12CC(N3CC(COC(F)(F)F)OC3=O)(C1)C2. The molecule has 1 heterocycles. The summed E-state index contributed by atoms with van der Waals surface area (Å²) in [6.45, 7) is -1.07. The number of amides is 2. The molecule has 1 aliphatic heterocycles. The molecular weight excluding hydrogens is 436 g/mol. The number of ether oxygens (including phenoxy) is 3. The van der Waals surface area contributed by atoms with Gasteiger partial charge in [-0.1, -0.05) is 11.6 Å². The summed E-state index contributed by atoms with van der Waals surface area (Å²) in [4.78, 5) is 25.6. The Bertz CT molecular complexity index is 861. The molecule has 2 amide bonds. The molecule has 0 aromatic heterocycles. The summed E-state index contributed by atoms with van der Waals surface area (Å²) in [7, 11) is 0. The highest BCUT2D eigenvalue weighted by Crippen LogP contribution is 2.64. The van der Waals surface area contributed by atoms with Crippen LogP contribution < -0.4 is 10.1 Å². The molecule has 3 aliphatic carbocycles. The molecule has 12 heteroatoms. The number of nitrogens with one attached hydrogen (secondary N) is 1. The van der Waals surface area contributed by atoms with E-state index in [1.807, 2.05) is 0 Å². The Morgan fingerprint density at radius 3 is 2.67 bits per heavy atom. The molecule has 3 saturated carbocycles. The van der Waals surface area contributed by atoms with E-state index < -0.39 is 48.0 Å². The summed E-state index contributed by atoms with van der Waals surface area (Å²) in [5.41, 5.74) is -0.996. The number of nitrogens with zero attached hydrogens (tertiary/aromatic N) is 1. The molecule has 0 spiro atoms. The zero-order valence-corrected chi connectivity index (χ0v) is 16.2. The van der Waals surface area contributed by atoms with Gasteiger partial charge in [0.2, 0.25) is 0 Å². The van der Waals surface area contributed by atoms with Crippen molar-refractivity contribution in [2.45, 2.75) is 42.8 Å². The van der Waals surface area contributed by atoms with Crippen LogP contribution in [0.3, 0.4) is 0 Å². The average molecular weight is 453 g/mol. The standard InChI is InChI=1S/C18H17ClF4N2O5/c19-12-2-1-10(3-13(12)20)28-6-14(26)24-16-7-17(8-16,9-16)25-4-11(30-15(25)27)5-29-18(21,22)23/h1-3,11H,4-9H2,(H,24,26). The van der Waals surface area contributed by atoms with Gasteiger partial charge in [0, 0.05) is 11.6 Å². The molecular formula is C18H17ClF4N2O5. The van der Waals surface area contributed by atoms with Crippen LogP contribution in [0.15, 0.2) is 18.2 Å². The summed E-state index contributed by atoms with van der Waals surface area (Å²) < 4.78 is 63.8. The molecule has 7 nitrogen and oxygen atoms in total. The molecule has 30 heavy (non-hydrogen) atoms. The Kier molecular flexibility index (Phi) is 5.00. The Morgan fingerprint density at radius 1 is 1.33 bits per heavy atom. The van der Waals surface area contributed by atoms with Crippen LogP contribution in [0.2, 0.25) is 5.02 Å². The highest BCUT2D eigenvalue weighted by atomic mass is 35.5. The molecule has 1 unspecified atom stereocenters. The third-order valence-corrected chi connectivity index (χ3v) is 5.85. The molecule has 1 aromatic rings. The van der Waals surface area contributed by atoms with Crippen LogP contribution in [0.4, 0.5) is 22.4 Å². The number of alkyl halides is 3. The first-order valence-corrected chi connectivity index (χ1v) is 9.45. The second kappa shape index (κ2) is 7.16. The number of carbonyl (C=O) groups is 2. The van der Waals surface area contributed by atoms with Crippen LogP contribution in [0.1, 0.15) is 19.3 Å². The predicted molar refractivity (Wildman–Crippen MR) is 93.3 cm³/mol. The molecule has 164 valence electrons. The maximum Gasteiger partial charge on any atom is 0.522 e. The van der Waals surface area contributed by atoms with E-state index in [9.17, 15) is 27.2 Å². The molecule has 4 aliphatic rings. The van der Waals surface area contributed by atoms with Gasteiger partial charge in [0.1, 0.15) is 17.7 Å². The van der Waals surface area contributed by atoms with Gasteiger partial charge in [-0.2, -0.15) is 0 Å². The van der Waals surface area contributed by atoms with E-state index in [2.05, 4.69) is 10.1 Å². The monoisotopic (exact) mass is 452 g/mol. The van der Waals surface area contributed by atoms with E-state index in [-0.39, 0.29) is 23.9 Å². The van der Waals surface area contributed by atoms with Crippen molar-refractivity contribution in [1.29, 1.82) is 0 Å². The third-order valence-electron chi connectivity index (χ3n) is 5.55. The van der Waals surface area contributed by atoms with Gasteiger partial charge >= 0.3 is 12.5 Å². The van der Waals surface area contributed by atoms with Gasteiger partial charge in [-0.05, 0) is 31.4 Å². The Labute approximate surface area is 173 Å². The Balaban J connectivity index is 1.23. The van der Waals surface area contributed by atoms with Crippen LogP contribution in [-0.4, -0.2) is 60.2 Å². The summed E-state index contributed by atoms with van der Waals surface area (Å²) in [5, 5.41) is 2.78. The van der Waals surface area contributed by atoms with Gasteiger partial charge in [0.15, 0.2) is 6.61 Å². The fraction of sp³-hybridized carbons (Fsp3) is 0.556. The molecule has 1 N–H and O–H groups in total. The highest BCUT2D eigenvalue weighted by Gasteiger charge is 2.73. The van der Waals surface area contributed by atoms with E-state index in [1.54, 1.807) is 0 Å². The number of rotatable bonds is 7. The van der Waals surface area contributed by atoms with Crippen molar-refractivity contribution in [3.63, 3.8) is 0 Å². The second-order valence-corrected chi connectivity index (χ2v) is 8.23. The van der Waals surface area contributed by atoms with Crippen LogP contribution in [-0.2, 0) is 14.3 Å². The lowest BCUT2D eigenvalue weighted by Crippen LogP contribution is -2.84. The van der Waals surface area contributed by atoms with Crippen LogP contribution in [0.5, 0.6) is 5.75 Å². The first-order valence-electron chi connectivity index (χ1n) is 9.07. The average Bonchev–Trinajstić information content (AvgIpc) is 2.96. The van der Waals surface area contributed by atoms with Crippen molar-refractivity contribution in [1.82, 2.24) is 10.2 Å². The summed E-state index contributed by atoms with van der Waals surface area (Å²) >= 11 is 5.58. The van der Waals surface area contributed by atoms with E-state index in [4.69, 9.17) is 21.1 Å².